The largest absolute Gasteiger partial charge is 0.393 e. The molecule has 2 saturated heterocycles. The summed E-state index contributed by atoms with van der Waals surface area (Å²) in [5.41, 5.74) is -0.593. The third kappa shape index (κ3) is 7.38. The van der Waals surface area contributed by atoms with Crippen LogP contribution in [0, 0.1) is 0 Å². The van der Waals surface area contributed by atoms with E-state index in [1.807, 2.05) is 0 Å². The maximum atomic E-state index is 10.2. The summed E-state index contributed by atoms with van der Waals surface area (Å²) >= 11 is 0. The predicted molar refractivity (Wildman–Crippen MR) is 125 cm³/mol. The minimum absolute atomic E-state index is 0.148. The van der Waals surface area contributed by atoms with Crippen LogP contribution in [0.5, 0.6) is 0 Å². The van der Waals surface area contributed by atoms with E-state index in [2.05, 4.69) is 65.5 Å². The van der Waals surface area contributed by atoms with E-state index in [0.717, 1.165) is 64.6 Å². The molecule has 0 amide bonds. The van der Waals surface area contributed by atoms with Crippen molar-refractivity contribution in [1.82, 2.24) is 10.1 Å². The molecule has 6 heteroatoms. The lowest BCUT2D eigenvalue weighted by molar-refractivity contribution is -0.292. The van der Waals surface area contributed by atoms with Gasteiger partial charge in [0.1, 0.15) is 0 Å². The van der Waals surface area contributed by atoms with Crippen molar-refractivity contribution in [3.8, 4) is 0 Å². The van der Waals surface area contributed by atoms with Crippen LogP contribution in [0.3, 0.4) is 0 Å². The summed E-state index contributed by atoms with van der Waals surface area (Å²) in [5.74, 6) is 0. The molecule has 0 aromatic rings. The minimum atomic E-state index is -0.252. The van der Waals surface area contributed by atoms with Gasteiger partial charge in [-0.05, 0) is 93.9 Å². The molecule has 0 aliphatic carbocycles. The van der Waals surface area contributed by atoms with Crippen molar-refractivity contribution in [2.24, 2.45) is 0 Å². The van der Waals surface area contributed by atoms with Crippen LogP contribution < -0.4 is 0 Å². The number of hydrogen-bond donors (Lipinski definition) is 2. The summed E-state index contributed by atoms with van der Waals surface area (Å²) < 4.78 is 0. The molecule has 6 nitrogen and oxygen atoms in total. The third-order valence-corrected chi connectivity index (χ3v) is 6.87. The molecule has 2 rings (SSSR count). The second kappa shape index (κ2) is 10.4. The molecule has 0 saturated carbocycles. The van der Waals surface area contributed by atoms with Gasteiger partial charge in [0.15, 0.2) is 0 Å². The van der Waals surface area contributed by atoms with E-state index in [0.29, 0.717) is 0 Å². The van der Waals surface area contributed by atoms with Crippen molar-refractivity contribution in [3.05, 3.63) is 0 Å². The zero-order valence-corrected chi connectivity index (χ0v) is 21.5. The fraction of sp³-hybridized carbons (Fsp3) is 1.00. The second-order valence-corrected chi connectivity index (χ2v) is 12.4. The molecule has 2 heterocycles. The molecule has 0 unspecified atom stereocenters. The van der Waals surface area contributed by atoms with Gasteiger partial charge in [-0.1, -0.05) is 19.3 Å². The van der Waals surface area contributed by atoms with Gasteiger partial charge in [0, 0.05) is 22.2 Å². The highest BCUT2D eigenvalue weighted by Crippen LogP contribution is 2.39. The minimum Gasteiger partial charge on any atom is -0.393 e. The lowest BCUT2D eigenvalue weighted by Crippen LogP contribution is -2.61. The summed E-state index contributed by atoms with van der Waals surface area (Å²) in [6, 6.07) is 0. The first-order valence-electron chi connectivity index (χ1n) is 12.4. The highest BCUT2D eigenvalue weighted by Gasteiger charge is 2.47. The van der Waals surface area contributed by atoms with Crippen molar-refractivity contribution in [2.45, 2.75) is 148 Å². The number of aliphatic hydroxyl groups excluding tert-OH is 2. The third-order valence-electron chi connectivity index (χ3n) is 6.87. The van der Waals surface area contributed by atoms with Gasteiger partial charge in [-0.15, -0.1) is 0 Å². The van der Waals surface area contributed by atoms with Crippen LogP contribution in [0.4, 0.5) is 0 Å². The van der Waals surface area contributed by atoms with Crippen molar-refractivity contribution in [1.29, 1.82) is 0 Å². The predicted octanol–water partition coefficient (Wildman–Crippen LogP) is 4.83. The van der Waals surface area contributed by atoms with E-state index in [1.54, 1.807) is 0 Å². The molecule has 2 fully saturated rings. The smallest absolute Gasteiger partial charge is 0.0685 e. The van der Waals surface area contributed by atoms with E-state index in [-0.39, 0.29) is 34.4 Å². The fourth-order valence-electron chi connectivity index (χ4n) is 6.17. The first-order chi connectivity index (χ1) is 14.2. The van der Waals surface area contributed by atoms with Crippen molar-refractivity contribution >= 4 is 0 Å². The average Bonchev–Trinajstić information content (AvgIpc) is 2.54. The number of nitrogens with zero attached hydrogens (tertiary/aromatic N) is 2. The standard InChI is InChI=1S/C25H50N2O4/c1-22(2)16-20(28)17-23(3,4)26(22)30-14-12-10-9-11-13-15-31-27-24(5,6)18-21(29)19-25(27,7)8/h20-21,28-29H,9-19H2,1-8H3. The van der Waals surface area contributed by atoms with Crippen LogP contribution in [-0.4, -0.2) is 67.9 Å². The molecule has 0 spiro atoms. The topological polar surface area (TPSA) is 65.4 Å². The van der Waals surface area contributed by atoms with E-state index in [4.69, 9.17) is 9.68 Å². The zero-order valence-electron chi connectivity index (χ0n) is 21.5. The van der Waals surface area contributed by atoms with Gasteiger partial charge in [-0.25, -0.2) is 0 Å². The number of hydroxylamine groups is 4. The second-order valence-electron chi connectivity index (χ2n) is 12.4. The number of aliphatic hydroxyl groups is 2. The summed E-state index contributed by atoms with van der Waals surface area (Å²) in [6.07, 6.45) is 8.10. The molecular formula is C25H50N2O4. The summed E-state index contributed by atoms with van der Waals surface area (Å²) in [7, 11) is 0. The van der Waals surface area contributed by atoms with Gasteiger partial charge in [-0.2, -0.15) is 10.1 Å². The van der Waals surface area contributed by atoms with E-state index >= 15 is 0 Å². The Morgan fingerprint density at radius 1 is 0.548 bits per heavy atom. The highest BCUT2D eigenvalue weighted by atomic mass is 16.7. The molecule has 2 aliphatic rings. The first-order valence-corrected chi connectivity index (χ1v) is 12.4. The highest BCUT2D eigenvalue weighted by molar-refractivity contribution is 4.97. The number of piperidine rings is 2. The van der Waals surface area contributed by atoms with E-state index < -0.39 is 0 Å². The number of unbranched alkanes of at least 4 members (excludes halogenated alkanes) is 4. The lowest BCUT2D eigenvalue weighted by Gasteiger charge is -2.52. The molecule has 2 N–H and O–H groups in total. The van der Waals surface area contributed by atoms with Crippen molar-refractivity contribution in [3.63, 3.8) is 0 Å². The van der Waals surface area contributed by atoms with Gasteiger partial charge in [-0.3, -0.25) is 9.68 Å². The molecule has 0 atom stereocenters. The molecule has 184 valence electrons. The monoisotopic (exact) mass is 442 g/mol. The Balaban J connectivity index is 1.61. The van der Waals surface area contributed by atoms with Gasteiger partial charge in [0.25, 0.3) is 0 Å². The van der Waals surface area contributed by atoms with Crippen LogP contribution in [0.15, 0.2) is 0 Å². The zero-order chi connectivity index (χ0) is 23.5. The Bertz CT molecular complexity index is 478. The normalized spacial score (nSPS) is 26.9. The Morgan fingerprint density at radius 3 is 1.10 bits per heavy atom. The van der Waals surface area contributed by atoms with E-state index in [1.165, 1.54) is 6.42 Å². The molecule has 0 radical (unpaired) electrons. The number of hydrogen-bond acceptors (Lipinski definition) is 6. The number of rotatable bonds is 10. The Morgan fingerprint density at radius 2 is 0.806 bits per heavy atom. The average molecular weight is 443 g/mol. The van der Waals surface area contributed by atoms with Gasteiger partial charge in [0.2, 0.25) is 0 Å². The Kier molecular flexibility index (Phi) is 9.02. The molecule has 0 aromatic heterocycles. The molecule has 2 aliphatic heterocycles. The lowest BCUT2D eigenvalue weighted by atomic mass is 9.80. The molecule has 31 heavy (non-hydrogen) atoms. The Labute approximate surface area is 191 Å². The van der Waals surface area contributed by atoms with Crippen LogP contribution in [-0.2, 0) is 9.68 Å². The molecule has 0 aromatic carbocycles. The van der Waals surface area contributed by atoms with Gasteiger partial charge >= 0.3 is 0 Å². The van der Waals surface area contributed by atoms with Crippen LogP contribution in [0.25, 0.3) is 0 Å². The summed E-state index contributed by atoms with van der Waals surface area (Å²) in [4.78, 5) is 12.4. The molecular weight excluding hydrogens is 392 g/mol. The van der Waals surface area contributed by atoms with Crippen molar-refractivity contribution < 1.29 is 19.9 Å². The summed E-state index contributed by atoms with van der Waals surface area (Å²) in [5, 5.41) is 24.6. The first kappa shape index (κ1) is 27.0. The van der Waals surface area contributed by atoms with Crippen LogP contribution >= 0.6 is 0 Å². The van der Waals surface area contributed by atoms with Gasteiger partial charge < -0.3 is 10.2 Å². The van der Waals surface area contributed by atoms with Crippen molar-refractivity contribution in [2.75, 3.05) is 13.2 Å². The van der Waals surface area contributed by atoms with Crippen LogP contribution in [0.2, 0.25) is 0 Å². The van der Waals surface area contributed by atoms with Gasteiger partial charge in [0.05, 0.1) is 25.4 Å². The molecule has 0 bridgehead atoms. The van der Waals surface area contributed by atoms with E-state index in [9.17, 15) is 10.2 Å². The van der Waals surface area contributed by atoms with Crippen LogP contribution in [0.1, 0.15) is 113 Å². The SMILES string of the molecule is CC1(C)CC(O)CC(C)(C)N1OCCCCCCCON1C(C)(C)CC(O)CC1(C)C. The maximum Gasteiger partial charge on any atom is 0.0685 e. The Hall–Kier alpha value is -0.240. The quantitative estimate of drug-likeness (QED) is 0.473. The summed E-state index contributed by atoms with van der Waals surface area (Å²) in [6.45, 7) is 18.7. The maximum absolute atomic E-state index is 10.2. The fourth-order valence-corrected chi connectivity index (χ4v) is 6.17.